The van der Waals surface area contributed by atoms with E-state index in [2.05, 4.69) is 15.2 Å². The quantitative estimate of drug-likeness (QED) is 0.669. The van der Waals surface area contributed by atoms with Gasteiger partial charge in [-0.15, -0.1) is 0 Å². The number of aliphatic imine (C=N–C) groups is 1. The summed E-state index contributed by atoms with van der Waals surface area (Å²) >= 11 is 24.4. The number of hydrogen-bond acceptors (Lipinski definition) is 4. The predicted octanol–water partition coefficient (Wildman–Crippen LogP) is 5.06. The lowest BCUT2D eigenvalue weighted by molar-refractivity contribution is -0.116. The minimum atomic E-state index is -0.592. The lowest BCUT2D eigenvalue weighted by Crippen LogP contribution is -2.36. The number of carbonyl (C=O) groups excluding carboxylic acids is 2. The van der Waals surface area contributed by atoms with Crippen molar-refractivity contribution in [3.63, 3.8) is 0 Å². The lowest BCUT2D eigenvalue weighted by Gasteiger charge is -2.19. The number of carbonyl (C=O) groups is 2. The Kier molecular flexibility index (Phi) is 5.81. The normalized spacial score (nSPS) is 15.2. The molecule has 2 aromatic carbocycles. The Morgan fingerprint density at radius 3 is 2.37 bits per heavy atom. The number of rotatable bonds is 3. The van der Waals surface area contributed by atoms with Crippen LogP contribution in [0.1, 0.15) is 16.8 Å². The number of amides is 1. The highest BCUT2D eigenvalue weighted by Crippen LogP contribution is 2.36. The number of hydrazine groups is 1. The molecule has 1 aliphatic rings. The number of halogens is 4. The van der Waals surface area contributed by atoms with Crippen molar-refractivity contribution in [2.24, 2.45) is 4.99 Å². The maximum absolute atomic E-state index is 12.4. The molecule has 0 aliphatic carbocycles. The monoisotopic (exact) mass is 445 g/mol. The zero-order valence-corrected chi connectivity index (χ0v) is 16.7. The summed E-state index contributed by atoms with van der Waals surface area (Å²) < 4.78 is 4.64. The molecular formula is C17H11Cl4N3O3. The van der Waals surface area contributed by atoms with E-state index in [1.165, 1.54) is 24.3 Å². The number of anilines is 1. The van der Waals surface area contributed by atoms with Gasteiger partial charge in [0.25, 0.3) is 5.91 Å². The number of nitrogens with one attached hydrogen (secondary N) is 1. The van der Waals surface area contributed by atoms with Gasteiger partial charge in [0.05, 0.1) is 39.8 Å². The molecule has 2 aromatic rings. The summed E-state index contributed by atoms with van der Waals surface area (Å²) in [6.45, 7) is 0. The molecule has 0 aromatic heterocycles. The minimum Gasteiger partial charge on any atom is -0.465 e. The Hall–Kier alpha value is -1.99. The third-order valence-corrected chi connectivity index (χ3v) is 4.75. The Morgan fingerprint density at radius 1 is 1.11 bits per heavy atom. The van der Waals surface area contributed by atoms with E-state index in [0.29, 0.717) is 21.6 Å². The second kappa shape index (κ2) is 7.94. The van der Waals surface area contributed by atoms with Gasteiger partial charge in [0.2, 0.25) is 0 Å². The van der Waals surface area contributed by atoms with Gasteiger partial charge in [-0.1, -0.05) is 46.4 Å². The fourth-order valence-electron chi connectivity index (χ4n) is 2.43. The first-order valence-electron chi connectivity index (χ1n) is 7.49. The highest BCUT2D eigenvalue weighted by atomic mass is 35.5. The van der Waals surface area contributed by atoms with Crippen molar-refractivity contribution in [2.45, 2.75) is 6.42 Å². The molecule has 1 saturated heterocycles. The summed E-state index contributed by atoms with van der Waals surface area (Å²) in [5.74, 6) is -0.562. The maximum Gasteiger partial charge on any atom is 0.337 e. The van der Waals surface area contributed by atoms with Crippen LogP contribution in [0.3, 0.4) is 0 Å². The number of amidine groups is 1. The number of benzene rings is 2. The largest absolute Gasteiger partial charge is 0.465 e. The van der Waals surface area contributed by atoms with Crippen molar-refractivity contribution >= 4 is 75.5 Å². The van der Waals surface area contributed by atoms with E-state index in [0.717, 1.165) is 0 Å². The van der Waals surface area contributed by atoms with E-state index >= 15 is 0 Å². The van der Waals surface area contributed by atoms with Crippen LogP contribution in [-0.4, -0.2) is 24.8 Å². The van der Waals surface area contributed by atoms with Crippen LogP contribution in [0.5, 0.6) is 0 Å². The zero-order valence-electron chi connectivity index (χ0n) is 13.7. The standard InChI is InChI=1S/C17H11Cl4N3O3/c1-27-17(26)8-4-11(20)16(12(21)5-8)24-15(25)7-14(23-24)22-13-3-2-9(18)6-10(13)19/h2-6H,7H2,1H3,(H,22,23). The molecule has 1 aliphatic heterocycles. The fourth-order valence-corrected chi connectivity index (χ4v) is 3.54. The van der Waals surface area contributed by atoms with Crippen molar-refractivity contribution in [3.8, 4) is 0 Å². The second-order valence-electron chi connectivity index (χ2n) is 5.45. The highest BCUT2D eigenvalue weighted by molar-refractivity contribution is 6.41. The van der Waals surface area contributed by atoms with Crippen molar-refractivity contribution < 1.29 is 14.3 Å². The molecule has 1 fully saturated rings. The summed E-state index contributed by atoms with van der Waals surface area (Å²) in [7, 11) is 1.24. The SMILES string of the molecule is COC(=O)c1cc(Cl)c(N2NC(=Nc3ccc(Cl)cc3Cl)CC2=O)c(Cl)c1. The van der Waals surface area contributed by atoms with Crippen LogP contribution < -0.4 is 10.4 Å². The number of ether oxygens (including phenoxy) is 1. The van der Waals surface area contributed by atoms with Crippen LogP contribution in [0, 0.1) is 0 Å². The number of nitrogens with zero attached hydrogens (tertiary/aromatic N) is 2. The van der Waals surface area contributed by atoms with Gasteiger partial charge in [-0.05, 0) is 30.3 Å². The Labute approximate surface area is 174 Å². The molecule has 27 heavy (non-hydrogen) atoms. The van der Waals surface area contributed by atoms with Crippen LogP contribution in [0.2, 0.25) is 20.1 Å². The summed E-state index contributed by atoms with van der Waals surface area (Å²) in [6.07, 6.45) is -0.00956. The molecular weight excluding hydrogens is 436 g/mol. The Balaban J connectivity index is 1.92. The van der Waals surface area contributed by atoms with Crippen LogP contribution in [-0.2, 0) is 9.53 Å². The third-order valence-electron chi connectivity index (χ3n) is 3.64. The van der Waals surface area contributed by atoms with Crippen molar-refractivity contribution in [3.05, 3.63) is 56.0 Å². The topological polar surface area (TPSA) is 71.0 Å². The van der Waals surface area contributed by atoms with Gasteiger partial charge < -0.3 is 4.74 Å². The fraction of sp³-hybridized carbons (Fsp3) is 0.118. The van der Waals surface area contributed by atoms with Gasteiger partial charge in [-0.25, -0.2) is 14.8 Å². The first-order valence-corrected chi connectivity index (χ1v) is 9.01. The molecule has 1 amide bonds. The van der Waals surface area contributed by atoms with E-state index in [1.54, 1.807) is 18.2 Å². The molecule has 3 rings (SSSR count). The van der Waals surface area contributed by atoms with Gasteiger partial charge in [0.1, 0.15) is 11.5 Å². The summed E-state index contributed by atoms with van der Waals surface area (Å²) in [4.78, 5) is 28.4. The summed E-state index contributed by atoms with van der Waals surface area (Å²) in [6, 6.07) is 7.57. The van der Waals surface area contributed by atoms with E-state index in [9.17, 15) is 9.59 Å². The zero-order chi connectivity index (χ0) is 19.7. The third kappa shape index (κ3) is 4.14. The van der Waals surface area contributed by atoms with E-state index < -0.39 is 5.97 Å². The van der Waals surface area contributed by atoms with Crippen LogP contribution in [0.4, 0.5) is 11.4 Å². The Morgan fingerprint density at radius 2 is 1.78 bits per heavy atom. The number of esters is 1. The minimum absolute atomic E-state index is 0.00956. The van der Waals surface area contributed by atoms with Crippen LogP contribution in [0.15, 0.2) is 35.3 Å². The average Bonchev–Trinajstić information content (AvgIpc) is 2.96. The van der Waals surface area contributed by atoms with Crippen molar-refractivity contribution in [1.82, 2.24) is 5.43 Å². The van der Waals surface area contributed by atoms with E-state index in [1.807, 2.05) is 0 Å². The smallest absolute Gasteiger partial charge is 0.337 e. The summed E-state index contributed by atoms with van der Waals surface area (Å²) in [5.41, 5.74) is 3.69. The average molecular weight is 447 g/mol. The van der Waals surface area contributed by atoms with Crippen molar-refractivity contribution in [1.29, 1.82) is 0 Å². The molecule has 0 saturated carbocycles. The molecule has 0 unspecified atom stereocenters. The molecule has 0 atom stereocenters. The number of methoxy groups -OCH3 is 1. The van der Waals surface area contributed by atoms with E-state index in [-0.39, 0.29) is 33.6 Å². The first kappa shape index (κ1) is 19.8. The molecule has 1 N–H and O–H groups in total. The van der Waals surface area contributed by atoms with Crippen molar-refractivity contribution in [2.75, 3.05) is 12.1 Å². The molecule has 0 radical (unpaired) electrons. The number of hydrogen-bond donors (Lipinski definition) is 1. The van der Waals surface area contributed by atoms with Crippen LogP contribution >= 0.6 is 46.4 Å². The van der Waals surface area contributed by atoms with Gasteiger partial charge in [-0.3, -0.25) is 10.2 Å². The molecule has 6 nitrogen and oxygen atoms in total. The van der Waals surface area contributed by atoms with Gasteiger partial charge in [0.15, 0.2) is 0 Å². The maximum atomic E-state index is 12.4. The van der Waals surface area contributed by atoms with E-state index in [4.69, 9.17) is 46.4 Å². The van der Waals surface area contributed by atoms with Crippen LogP contribution in [0.25, 0.3) is 0 Å². The molecule has 0 spiro atoms. The first-order chi connectivity index (χ1) is 12.8. The second-order valence-corrected chi connectivity index (χ2v) is 7.11. The molecule has 140 valence electrons. The van der Waals surface area contributed by atoms with Gasteiger partial charge in [-0.2, -0.15) is 0 Å². The summed E-state index contributed by atoms with van der Waals surface area (Å²) in [5, 5.41) is 2.21. The molecule has 1 heterocycles. The molecule has 10 heteroatoms. The Bertz CT molecular complexity index is 955. The van der Waals surface area contributed by atoms with Gasteiger partial charge in [0, 0.05) is 5.02 Å². The molecule has 0 bridgehead atoms. The highest BCUT2D eigenvalue weighted by Gasteiger charge is 2.31. The lowest BCUT2D eigenvalue weighted by atomic mass is 10.2. The van der Waals surface area contributed by atoms with Gasteiger partial charge >= 0.3 is 5.97 Å². The predicted molar refractivity (Wildman–Crippen MR) is 107 cm³/mol.